The Morgan fingerprint density at radius 1 is 1.32 bits per heavy atom. The van der Waals surface area contributed by atoms with Gasteiger partial charge in [0.05, 0.1) is 5.02 Å². The Balaban J connectivity index is 1.96. The van der Waals surface area contributed by atoms with Crippen molar-refractivity contribution in [3.63, 3.8) is 0 Å². The maximum atomic E-state index is 9.89. The molecule has 0 aliphatic heterocycles. The highest BCUT2D eigenvalue weighted by atomic mass is 35.5. The molecular weight excluding hydrogens is 283 g/mol. The van der Waals surface area contributed by atoms with E-state index in [1.54, 1.807) is 12.1 Å². The first-order valence-electron chi connectivity index (χ1n) is 6.50. The molecule has 106 valence electrons. The number of halogens is 2. The third kappa shape index (κ3) is 3.16. The predicted molar refractivity (Wildman–Crippen MR) is 80.1 cm³/mol. The minimum atomic E-state index is 0.117. The van der Waals surface area contributed by atoms with Gasteiger partial charge in [0.1, 0.15) is 5.75 Å². The second kappa shape index (κ2) is 5.88. The monoisotopic (exact) mass is 302 g/mol. The van der Waals surface area contributed by atoms with Crippen LogP contribution in [0.1, 0.15) is 24.8 Å². The molecule has 0 heterocycles. The number of phenolic OH excluding ortho intramolecular Hbond substituents is 1. The molecule has 1 aromatic carbocycles. The number of rotatable bonds is 5. The maximum absolute atomic E-state index is 9.89. The number of aromatic hydroxyl groups is 1. The van der Waals surface area contributed by atoms with Crippen LogP contribution in [0.2, 0.25) is 10.0 Å². The molecule has 1 aromatic rings. The SMILES string of the molecule is CN(C)C1(CNCc2cc(Cl)cc(Cl)c2O)CCC1. The van der Waals surface area contributed by atoms with Crippen molar-refractivity contribution in [3.8, 4) is 5.75 Å². The first-order valence-corrected chi connectivity index (χ1v) is 7.25. The van der Waals surface area contributed by atoms with Crippen molar-refractivity contribution >= 4 is 23.2 Å². The molecule has 0 radical (unpaired) electrons. The Morgan fingerprint density at radius 2 is 2.00 bits per heavy atom. The maximum Gasteiger partial charge on any atom is 0.138 e. The predicted octanol–water partition coefficient (Wildman–Crippen LogP) is 3.27. The molecule has 19 heavy (non-hydrogen) atoms. The highest BCUT2D eigenvalue weighted by Crippen LogP contribution is 2.36. The van der Waals surface area contributed by atoms with Crippen molar-refractivity contribution in [1.82, 2.24) is 10.2 Å². The molecular formula is C14H20Cl2N2O. The van der Waals surface area contributed by atoms with E-state index in [0.717, 1.165) is 12.1 Å². The summed E-state index contributed by atoms with van der Waals surface area (Å²) in [4.78, 5) is 2.29. The molecule has 0 saturated heterocycles. The van der Waals surface area contributed by atoms with Gasteiger partial charge in [-0.05, 0) is 45.5 Å². The lowest BCUT2D eigenvalue weighted by Crippen LogP contribution is -2.56. The Morgan fingerprint density at radius 3 is 2.53 bits per heavy atom. The molecule has 0 amide bonds. The van der Waals surface area contributed by atoms with Crippen LogP contribution < -0.4 is 5.32 Å². The van der Waals surface area contributed by atoms with E-state index >= 15 is 0 Å². The summed E-state index contributed by atoms with van der Waals surface area (Å²) >= 11 is 11.9. The van der Waals surface area contributed by atoms with Crippen LogP contribution in [0.4, 0.5) is 0 Å². The normalized spacial score (nSPS) is 17.5. The van der Waals surface area contributed by atoms with E-state index in [9.17, 15) is 5.11 Å². The molecule has 0 unspecified atom stereocenters. The van der Waals surface area contributed by atoms with Crippen LogP contribution >= 0.6 is 23.2 Å². The summed E-state index contributed by atoms with van der Waals surface area (Å²) in [6, 6.07) is 3.30. The van der Waals surface area contributed by atoms with Gasteiger partial charge >= 0.3 is 0 Å². The molecule has 1 saturated carbocycles. The summed E-state index contributed by atoms with van der Waals surface area (Å²) in [5.41, 5.74) is 1.00. The van der Waals surface area contributed by atoms with Gasteiger partial charge in [0.2, 0.25) is 0 Å². The zero-order valence-corrected chi connectivity index (χ0v) is 12.9. The minimum absolute atomic E-state index is 0.117. The average Bonchev–Trinajstić information content (AvgIpc) is 2.27. The summed E-state index contributed by atoms with van der Waals surface area (Å²) in [6.07, 6.45) is 3.72. The quantitative estimate of drug-likeness (QED) is 0.876. The zero-order valence-electron chi connectivity index (χ0n) is 11.3. The fraction of sp³-hybridized carbons (Fsp3) is 0.571. The highest BCUT2D eigenvalue weighted by molar-refractivity contribution is 6.35. The van der Waals surface area contributed by atoms with E-state index in [1.807, 2.05) is 0 Å². The largest absolute Gasteiger partial charge is 0.506 e. The summed E-state index contributed by atoms with van der Waals surface area (Å²) in [5, 5.41) is 14.1. The van der Waals surface area contributed by atoms with Gasteiger partial charge in [-0.3, -0.25) is 0 Å². The molecule has 0 spiro atoms. The molecule has 1 fully saturated rings. The van der Waals surface area contributed by atoms with Gasteiger partial charge in [-0.25, -0.2) is 0 Å². The summed E-state index contributed by atoms with van der Waals surface area (Å²) < 4.78 is 0. The van der Waals surface area contributed by atoms with Crippen molar-refractivity contribution in [3.05, 3.63) is 27.7 Å². The summed E-state index contributed by atoms with van der Waals surface area (Å²) in [6.45, 7) is 1.48. The molecule has 5 heteroatoms. The Bertz CT molecular complexity index is 459. The Labute approximate surface area is 124 Å². The van der Waals surface area contributed by atoms with Crippen LogP contribution in [-0.4, -0.2) is 36.2 Å². The molecule has 0 atom stereocenters. The number of nitrogens with zero attached hydrogens (tertiary/aromatic N) is 1. The van der Waals surface area contributed by atoms with Crippen LogP contribution in [0.15, 0.2) is 12.1 Å². The van der Waals surface area contributed by atoms with Gasteiger partial charge < -0.3 is 15.3 Å². The van der Waals surface area contributed by atoms with Gasteiger partial charge in [0.15, 0.2) is 0 Å². The van der Waals surface area contributed by atoms with Gasteiger partial charge in [-0.15, -0.1) is 0 Å². The molecule has 2 rings (SSSR count). The van der Waals surface area contributed by atoms with Crippen LogP contribution in [0.5, 0.6) is 5.75 Å². The first kappa shape index (κ1) is 14.9. The molecule has 2 N–H and O–H groups in total. The smallest absolute Gasteiger partial charge is 0.138 e. The van der Waals surface area contributed by atoms with Crippen molar-refractivity contribution in [2.45, 2.75) is 31.3 Å². The standard InChI is InChI=1S/C14H20Cl2N2O/c1-18(2)14(4-3-5-14)9-17-8-10-6-11(15)7-12(16)13(10)19/h6-7,17,19H,3-5,8-9H2,1-2H3. The van der Waals surface area contributed by atoms with Crippen molar-refractivity contribution < 1.29 is 5.11 Å². The van der Waals surface area contributed by atoms with Gasteiger partial charge in [-0.1, -0.05) is 23.2 Å². The van der Waals surface area contributed by atoms with E-state index in [-0.39, 0.29) is 11.3 Å². The van der Waals surface area contributed by atoms with Crippen LogP contribution in [0.25, 0.3) is 0 Å². The molecule has 1 aliphatic carbocycles. The van der Waals surface area contributed by atoms with E-state index in [1.165, 1.54) is 19.3 Å². The molecule has 3 nitrogen and oxygen atoms in total. The van der Waals surface area contributed by atoms with Gasteiger partial charge in [-0.2, -0.15) is 0 Å². The number of hydrogen-bond donors (Lipinski definition) is 2. The van der Waals surface area contributed by atoms with Crippen molar-refractivity contribution in [2.75, 3.05) is 20.6 Å². The van der Waals surface area contributed by atoms with E-state index < -0.39 is 0 Å². The van der Waals surface area contributed by atoms with Crippen LogP contribution in [0.3, 0.4) is 0 Å². The third-order valence-electron chi connectivity index (χ3n) is 4.11. The number of likely N-dealkylation sites (N-methyl/N-ethyl adjacent to an activating group) is 1. The van der Waals surface area contributed by atoms with E-state index in [0.29, 0.717) is 16.6 Å². The lowest BCUT2D eigenvalue weighted by Gasteiger charge is -2.47. The lowest BCUT2D eigenvalue weighted by atomic mass is 9.75. The van der Waals surface area contributed by atoms with Crippen molar-refractivity contribution in [1.29, 1.82) is 0 Å². The summed E-state index contributed by atoms with van der Waals surface area (Å²) in [5.74, 6) is 0.117. The highest BCUT2D eigenvalue weighted by Gasteiger charge is 2.38. The molecule has 1 aliphatic rings. The van der Waals surface area contributed by atoms with Gasteiger partial charge in [0.25, 0.3) is 0 Å². The topological polar surface area (TPSA) is 35.5 Å². The van der Waals surface area contributed by atoms with E-state index in [4.69, 9.17) is 23.2 Å². The lowest BCUT2D eigenvalue weighted by molar-refractivity contribution is 0.0598. The summed E-state index contributed by atoms with van der Waals surface area (Å²) in [7, 11) is 4.24. The number of benzene rings is 1. The number of phenols is 1. The van der Waals surface area contributed by atoms with Crippen LogP contribution in [0, 0.1) is 0 Å². The number of hydrogen-bond acceptors (Lipinski definition) is 3. The Hall–Kier alpha value is -0.480. The zero-order chi connectivity index (χ0) is 14.0. The second-order valence-electron chi connectivity index (χ2n) is 5.47. The fourth-order valence-electron chi connectivity index (χ4n) is 2.55. The fourth-order valence-corrected chi connectivity index (χ4v) is 3.09. The number of nitrogens with one attached hydrogen (secondary N) is 1. The van der Waals surface area contributed by atoms with Gasteiger partial charge in [0, 0.05) is 29.2 Å². The first-order chi connectivity index (χ1) is 8.94. The van der Waals surface area contributed by atoms with Crippen LogP contribution in [-0.2, 0) is 6.54 Å². The Kier molecular flexibility index (Phi) is 4.62. The average molecular weight is 303 g/mol. The molecule has 0 bridgehead atoms. The second-order valence-corrected chi connectivity index (χ2v) is 6.31. The minimum Gasteiger partial charge on any atom is -0.506 e. The third-order valence-corrected chi connectivity index (χ3v) is 4.62. The van der Waals surface area contributed by atoms with Crippen molar-refractivity contribution in [2.24, 2.45) is 0 Å². The molecule has 0 aromatic heterocycles. The van der Waals surface area contributed by atoms with E-state index in [2.05, 4.69) is 24.3 Å².